The Hall–Kier alpha value is -3.75. The van der Waals surface area contributed by atoms with Gasteiger partial charge in [-0.05, 0) is 30.2 Å². The molecule has 2 amide bonds. The van der Waals surface area contributed by atoms with Gasteiger partial charge in [-0.15, -0.1) is 0 Å². The molecule has 166 valence electrons. The van der Waals surface area contributed by atoms with Gasteiger partial charge in [0.25, 0.3) is 11.8 Å². The van der Waals surface area contributed by atoms with Crippen molar-refractivity contribution in [3.63, 3.8) is 0 Å². The standard InChI is InChI=1S/C22H26N2O7/c1-5-14-8-6-7-9-16(14)24-19(25)13-31-20(26)12-23-22(27)15-10-17(28-2)21(30-4)18(11-15)29-3/h6-11H,5,12-13H2,1-4H3,(H,23,27)(H,24,25). The first kappa shape index (κ1) is 23.5. The highest BCUT2D eigenvalue weighted by Gasteiger charge is 2.18. The minimum atomic E-state index is -0.750. The number of esters is 1. The molecule has 2 N–H and O–H groups in total. The maximum Gasteiger partial charge on any atom is 0.325 e. The summed E-state index contributed by atoms with van der Waals surface area (Å²) in [6.07, 6.45) is 0.753. The van der Waals surface area contributed by atoms with Crippen LogP contribution in [0.15, 0.2) is 36.4 Å². The van der Waals surface area contributed by atoms with Gasteiger partial charge in [0.1, 0.15) is 6.54 Å². The fraction of sp³-hybridized carbons (Fsp3) is 0.318. The minimum Gasteiger partial charge on any atom is -0.493 e. The summed E-state index contributed by atoms with van der Waals surface area (Å²) in [5.74, 6) is -0.809. The Balaban J connectivity index is 1.88. The maximum atomic E-state index is 12.4. The average molecular weight is 430 g/mol. The molecule has 0 unspecified atom stereocenters. The van der Waals surface area contributed by atoms with Crippen molar-refractivity contribution < 1.29 is 33.3 Å². The number of ether oxygens (including phenoxy) is 4. The summed E-state index contributed by atoms with van der Waals surface area (Å²) < 4.78 is 20.5. The van der Waals surface area contributed by atoms with Gasteiger partial charge in [0.05, 0.1) is 21.3 Å². The normalized spacial score (nSPS) is 10.1. The summed E-state index contributed by atoms with van der Waals surface area (Å²) in [6, 6.07) is 10.3. The van der Waals surface area contributed by atoms with E-state index in [1.807, 2.05) is 19.1 Å². The molecule has 0 aliphatic heterocycles. The fourth-order valence-corrected chi connectivity index (χ4v) is 2.80. The highest BCUT2D eigenvalue weighted by Crippen LogP contribution is 2.38. The van der Waals surface area contributed by atoms with Gasteiger partial charge < -0.3 is 29.6 Å². The van der Waals surface area contributed by atoms with Crippen molar-refractivity contribution in [1.82, 2.24) is 5.32 Å². The Morgan fingerprint density at radius 2 is 1.58 bits per heavy atom. The van der Waals surface area contributed by atoms with Crippen LogP contribution in [0.2, 0.25) is 0 Å². The predicted octanol–water partition coefficient (Wildman–Crippen LogP) is 2.19. The van der Waals surface area contributed by atoms with Gasteiger partial charge in [-0.25, -0.2) is 0 Å². The van der Waals surface area contributed by atoms with E-state index in [1.165, 1.54) is 33.5 Å². The Morgan fingerprint density at radius 1 is 0.935 bits per heavy atom. The van der Waals surface area contributed by atoms with Crippen LogP contribution < -0.4 is 24.8 Å². The van der Waals surface area contributed by atoms with Crippen LogP contribution in [0, 0.1) is 0 Å². The van der Waals surface area contributed by atoms with Crippen molar-refractivity contribution in [1.29, 1.82) is 0 Å². The molecule has 0 spiro atoms. The molecule has 0 aliphatic carbocycles. The first-order valence-corrected chi connectivity index (χ1v) is 9.55. The van der Waals surface area contributed by atoms with E-state index in [2.05, 4.69) is 10.6 Å². The van der Waals surface area contributed by atoms with Gasteiger partial charge in [0.15, 0.2) is 18.1 Å². The molecule has 0 bridgehead atoms. The summed E-state index contributed by atoms with van der Waals surface area (Å²) in [5.41, 5.74) is 1.85. The summed E-state index contributed by atoms with van der Waals surface area (Å²) in [4.78, 5) is 36.3. The zero-order valence-electron chi connectivity index (χ0n) is 17.9. The molecule has 9 heteroatoms. The lowest BCUT2D eigenvalue weighted by Crippen LogP contribution is -2.32. The monoisotopic (exact) mass is 430 g/mol. The van der Waals surface area contributed by atoms with Crippen molar-refractivity contribution in [2.75, 3.05) is 39.8 Å². The van der Waals surface area contributed by atoms with Crippen LogP contribution in [-0.2, 0) is 20.7 Å². The van der Waals surface area contributed by atoms with E-state index in [0.29, 0.717) is 22.9 Å². The third-order valence-electron chi connectivity index (χ3n) is 4.36. The van der Waals surface area contributed by atoms with E-state index in [-0.39, 0.29) is 5.56 Å². The fourth-order valence-electron chi connectivity index (χ4n) is 2.80. The number of para-hydroxylation sites is 1. The van der Waals surface area contributed by atoms with E-state index in [1.54, 1.807) is 12.1 Å². The molecule has 0 atom stereocenters. The maximum absolute atomic E-state index is 12.4. The first-order valence-electron chi connectivity index (χ1n) is 9.55. The second-order valence-corrected chi connectivity index (χ2v) is 6.32. The van der Waals surface area contributed by atoms with Crippen molar-refractivity contribution in [3.8, 4) is 17.2 Å². The Bertz CT molecular complexity index is 918. The number of hydrogen-bond acceptors (Lipinski definition) is 7. The molecular formula is C22H26N2O7. The number of carbonyl (C=O) groups excluding carboxylic acids is 3. The highest BCUT2D eigenvalue weighted by atomic mass is 16.5. The van der Waals surface area contributed by atoms with Gasteiger partial charge >= 0.3 is 5.97 Å². The predicted molar refractivity (Wildman–Crippen MR) is 114 cm³/mol. The molecule has 0 saturated heterocycles. The lowest BCUT2D eigenvalue weighted by molar-refractivity contribution is -0.146. The summed E-state index contributed by atoms with van der Waals surface area (Å²) in [7, 11) is 4.31. The molecule has 2 rings (SSSR count). The molecule has 0 radical (unpaired) electrons. The van der Waals surface area contributed by atoms with Gasteiger partial charge in [-0.1, -0.05) is 25.1 Å². The van der Waals surface area contributed by atoms with Crippen molar-refractivity contribution >= 4 is 23.5 Å². The number of rotatable bonds is 10. The van der Waals surface area contributed by atoms with E-state index in [0.717, 1.165) is 12.0 Å². The van der Waals surface area contributed by atoms with Gasteiger partial charge in [0, 0.05) is 11.3 Å². The van der Waals surface area contributed by atoms with Crippen molar-refractivity contribution in [2.45, 2.75) is 13.3 Å². The number of benzene rings is 2. The third kappa shape index (κ3) is 6.36. The van der Waals surface area contributed by atoms with Crippen molar-refractivity contribution in [2.24, 2.45) is 0 Å². The lowest BCUT2D eigenvalue weighted by Gasteiger charge is -2.14. The molecule has 9 nitrogen and oxygen atoms in total. The van der Waals surface area contributed by atoms with Crippen molar-refractivity contribution in [3.05, 3.63) is 47.5 Å². The zero-order valence-corrected chi connectivity index (χ0v) is 17.9. The molecule has 0 aromatic heterocycles. The smallest absolute Gasteiger partial charge is 0.325 e. The molecule has 0 fully saturated rings. The largest absolute Gasteiger partial charge is 0.493 e. The zero-order chi connectivity index (χ0) is 22.8. The Kier molecular flexibility index (Phi) is 8.68. The molecule has 0 aliphatic rings. The number of methoxy groups -OCH3 is 3. The van der Waals surface area contributed by atoms with Crippen LogP contribution in [0.1, 0.15) is 22.8 Å². The average Bonchev–Trinajstić information content (AvgIpc) is 2.80. The Labute approximate surface area is 180 Å². The van der Waals surface area contributed by atoms with E-state index in [4.69, 9.17) is 18.9 Å². The van der Waals surface area contributed by atoms with Gasteiger partial charge in [-0.2, -0.15) is 0 Å². The quantitative estimate of drug-likeness (QED) is 0.556. The van der Waals surface area contributed by atoms with Crippen LogP contribution in [0.4, 0.5) is 5.69 Å². The molecule has 0 heterocycles. The topological polar surface area (TPSA) is 112 Å². The molecule has 2 aromatic carbocycles. The molecule has 0 saturated carbocycles. The van der Waals surface area contributed by atoms with Gasteiger partial charge in [0.2, 0.25) is 5.75 Å². The number of carbonyl (C=O) groups is 3. The minimum absolute atomic E-state index is 0.205. The van der Waals surface area contributed by atoms with Crippen LogP contribution in [0.3, 0.4) is 0 Å². The first-order chi connectivity index (χ1) is 14.9. The number of amides is 2. The number of anilines is 1. The third-order valence-corrected chi connectivity index (χ3v) is 4.36. The van der Waals surface area contributed by atoms with E-state index >= 15 is 0 Å². The van der Waals surface area contributed by atoms with Gasteiger partial charge in [-0.3, -0.25) is 14.4 Å². The SMILES string of the molecule is CCc1ccccc1NC(=O)COC(=O)CNC(=O)c1cc(OC)c(OC)c(OC)c1. The van der Waals surface area contributed by atoms with E-state index in [9.17, 15) is 14.4 Å². The van der Waals surface area contributed by atoms with E-state index < -0.39 is 30.9 Å². The summed E-state index contributed by atoms with van der Waals surface area (Å²) in [6.45, 7) is 1.10. The molecule has 31 heavy (non-hydrogen) atoms. The lowest BCUT2D eigenvalue weighted by atomic mass is 10.1. The molecule has 2 aromatic rings. The number of nitrogens with one attached hydrogen (secondary N) is 2. The second-order valence-electron chi connectivity index (χ2n) is 6.32. The second kappa shape index (κ2) is 11.4. The van der Waals surface area contributed by atoms with Crippen LogP contribution in [-0.4, -0.2) is 52.3 Å². The Morgan fingerprint density at radius 3 is 2.16 bits per heavy atom. The van der Waals surface area contributed by atoms with Crippen LogP contribution in [0.5, 0.6) is 17.2 Å². The van der Waals surface area contributed by atoms with Crippen LogP contribution >= 0.6 is 0 Å². The van der Waals surface area contributed by atoms with Crippen LogP contribution in [0.25, 0.3) is 0 Å². The summed E-state index contributed by atoms with van der Waals surface area (Å²) in [5, 5.41) is 5.13. The number of aryl methyl sites for hydroxylation is 1. The number of hydrogen-bond donors (Lipinski definition) is 2. The molecular weight excluding hydrogens is 404 g/mol. The highest BCUT2D eigenvalue weighted by molar-refractivity contribution is 5.97. The summed E-state index contributed by atoms with van der Waals surface area (Å²) >= 11 is 0.